The first-order valence-electron chi connectivity index (χ1n) is 9.16. The molecule has 0 aliphatic carbocycles. The summed E-state index contributed by atoms with van der Waals surface area (Å²) in [5.41, 5.74) is 1.16. The Hall–Kier alpha value is -2.03. The summed E-state index contributed by atoms with van der Waals surface area (Å²) in [6.07, 6.45) is 0. The molecule has 5 heteroatoms. The van der Waals surface area contributed by atoms with Crippen LogP contribution in [0.3, 0.4) is 0 Å². The molecular formula is C21H29NO4. The smallest absolute Gasteiger partial charge is 0.338 e. The number of esters is 1. The Kier molecular flexibility index (Phi) is 7.50. The van der Waals surface area contributed by atoms with Crippen molar-refractivity contribution in [3.05, 3.63) is 29.3 Å². The third kappa shape index (κ3) is 6.70. The van der Waals surface area contributed by atoms with Crippen LogP contribution in [0.15, 0.2) is 18.2 Å². The molecule has 1 saturated heterocycles. The molecular weight excluding hydrogens is 330 g/mol. The predicted molar refractivity (Wildman–Crippen MR) is 101 cm³/mol. The highest BCUT2D eigenvalue weighted by Gasteiger charge is 2.13. The van der Waals surface area contributed by atoms with E-state index in [1.165, 1.54) is 0 Å². The highest BCUT2D eigenvalue weighted by molar-refractivity contribution is 5.90. The highest BCUT2D eigenvalue weighted by Crippen LogP contribution is 2.22. The van der Waals surface area contributed by atoms with Crippen LogP contribution in [-0.2, 0) is 9.47 Å². The molecule has 0 aromatic heterocycles. The molecule has 1 aliphatic rings. The first-order valence-corrected chi connectivity index (χ1v) is 9.16. The third-order valence-electron chi connectivity index (χ3n) is 3.83. The Bertz CT molecular complexity index is 661. The average molecular weight is 359 g/mol. The predicted octanol–water partition coefficient (Wildman–Crippen LogP) is 2.97. The van der Waals surface area contributed by atoms with E-state index in [9.17, 15) is 4.79 Å². The third-order valence-corrected chi connectivity index (χ3v) is 3.83. The molecule has 1 aliphatic heterocycles. The Labute approximate surface area is 156 Å². The number of ether oxygens (including phenoxy) is 3. The molecule has 142 valence electrons. The highest BCUT2D eigenvalue weighted by atomic mass is 16.5. The average Bonchev–Trinajstić information content (AvgIpc) is 2.61. The first kappa shape index (κ1) is 20.3. The summed E-state index contributed by atoms with van der Waals surface area (Å²) in [6.45, 7) is 13.0. The summed E-state index contributed by atoms with van der Waals surface area (Å²) >= 11 is 0. The van der Waals surface area contributed by atoms with Crippen molar-refractivity contribution in [2.75, 3.05) is 46.1 Å². The van der Waals surface area contributed by atoms with Crippen LogP contribution in [0.4, 0.5) is 0 Å². The number of hydrogen-bond donors (Lipinski definition) is 0. The Morgan fingerprint density at radius 3 is 2.65 bits per heavy atom. The van der Waals surface area contributed by atoms with Gasteiger partial charge >= 0.3 is 5.97 Å². The minimum Gasteiger partial charge on any atom is -0.491 e. The van der Waals surface area contributed by atoms with E-state index in [0.717, 1.165) is 38.4 Å². The maximum Gasteiger partial charge on any atom is 0.338 e. The number of carbonyl (C=O) groups excluding carboxylic acids is 1. The van der Waals surface area contributed by atoms with E-state index in [2.05, 4.69) is 37.5 Å². The van der Waals surface area contributed by atoms with Gasteiger partial charge in [0.25, 0.3) is 0 Å². The van der Waals surface area contributed by atoms with Crippen molar-refractivity contribution in [2.45, 2.75) is 27.7 Å². The molecule has 26 heavy (non-hydrogen) atoms. The number of hydrogen-bond acceptors (Lipinski definition) is 5. The molecule has 0 spiro atoms. The number of carbonyl (C=O) groups is 1. The van der Waals surface area contributed by atoms with Crippen LogP contribution >= 0.6 is 0 Å². The molecule has 0 radical (unpaired) electrons. The molecule has 5 nitrogen and oxygen atoms in total. The van der Waals surface area contributed by atoms with E-state index >= 15 is 0 Å². The van der Waals surface area contributed by atoms with Crippen molar-refractivity contribution in [2.24, 2.45) is 5.41 Å². The van der Waals surface area contributed by atoms with Gasteiger partial charge in [0.1, 0.15) is 12.4 Å². The fraction of sp³-hybridized carbons (Fsp3) is 0.571. The van der Waals surface area contributed by atoms with Crippen LogP contribution < -0.4 is 4.74 Å². The van der Waals surface area contributed by atoms with Gasteiger partial charge in [-0.05, 0) is 45.9 Å². The summed E-state index contributed by atoms with van der Waals surface area (Å²) in [7, 11) is 0. The summed E-state index contributed by atoms with van der Waals surface area (Å²) in [4.78, 5) is 14.3. The number of benzene rings is 1. The van der Waals surface area contributed by atoms with Crippen LogP contribution in [0.25, 0.3) is 0 Å². The van der Waals surface area contributed by atoms with E-state index < -0.39 is 0 Å². The molecule has 0 N–H and O–H groups in total. The van der Waals surface area contributed by atoms with E-state index in [0.29, 0.717) is 24.5 Å². The fourth-order valence-electron chi connectivity index (χ4n) is 2.45. The maximum atomic E-state index is 12.0. The van der Waals surface area contributed by atoms with Crippen LogP contribution in [0.1, 0.15) is 43.6 Å². The maximum absolute atomic E-state index is 12.0. The molecule has 0 atom stereocenters. The van der Waals surface area contributed by atoms with Crippen molar-refractivity contribution >= 4 is 5.97 Å². The largest absolute Gasteiger partial charge is 0.491 e. The monoisotopic (exact) mass is 359 g/mol. The van der Waals surface area contributed by atoms with Gasteiger partial charge in [-0.1, -0.05) is 11.8 Å². The lowest BCUT2D eigenvalue weighted by atomic mass is 9.97. The molecule has 0 saturated carbocycles. The Morgan fingerprint density at radius 1 is 1.27 bits per heavy atom. The molecule has 1 aromatic carbocycles. The summed E-state index contributed by atoms with van der Waals surface area (Å²) < 4.78 is 16.4. The molecule has 0 unspecified atom stereocenters. The van der Waals surface area contributed by atoms with Crippen molar-refractivity contribution in [3.8, 4) is 17.6 Å². The van der Waals surface area contributed by atoms with Crippen molar-refractivity contribution in [3.63, 3.8) is 0 Å². The van der Waals surface area contributed by atoms with Gasteiger partial charge < -0.3 is 14.2 Å². The zero-order valence-electron chi connectivity index (χ0n) is 16.3. The second-order valence-corrected chi connectivity index (χ2v) is 7.23. The SMILES string of the molecule is CCOC(=O)c1ccc(C#CC(C)(C)C)c(OCCN2CCOCC2)c1. The van der Waals surface area contributed by atoms with Crippen molar-refractivity contribution in [1.82, 2.24) is 4.90 Å². The Balaban J connectivity index is 2.12. The zero-order valence-corrected chi connectivity index (χ0v) is 16.3. The summed E-state index contributed by atoms with van der Waals surface area (Å²) in [5.74, 6) is 6.68. The van der Waals surface area contributed by atoms with Gasteiger partial charge in [0.15, 0.2) is 0 Å². The van der Waals surface area contributed by atoms with E-state index in [1.54, 1.807) is 19.1 Å². The lowest BCUT2D eigenvalue weighted by Crippen LogP contribution is -2.38. The zero-order chi connectivity index (χ0) is 19.0. The van der Waals surface area contributed by atoms with Gasteiger partial charge in [0.05, 0.1) is 30.9 Å². The number of rotatable bonds is 6. The molecule has 2 rings (SSSR count). The quantitative estimate of drug-likeness (QED) is 0.577. The van der Waals surface area contributed by atoms with Crippen LogP contribution in [0, 0.1) is 17.3 Å². The lowest BCUT2D eigenvalue weighted by molar-refractivity contribution is 0.0322. The van der Waals surface area contributed by atoms with Crippen molar-refractivity contribution < 1.29 is 19.0 Å². The molecule has 1 aromatic rings. The van der Waals surface area contributed by atoms with E-state index in [4.69, 9.17) is 14.2 Å². The Morgan fingerprint density at radius 2 is 2.00 bits per heavy atom. The summed E-state index contributed by atoms with van der Waals surface area (Å²) in [5, 5.41) is 0. The lowest BCUT2D eigenvalue weighted by Gasteiger charge is -2.26. The molecule has 1 heterocycles. The second-order valence-electron chi connectivity index (χ2n) is 7.23. The molecule has 0 bridgehead atoms. The van der Waals surface area contributed by atoms with Gasteiger partial charge in [-0.3, -0.25) is 4.90 Å². The fourth-order valence-corrected chi connectivity index (χ4v) is 2.45. The van der Waals surface area contributed by atoms with E-state index in [1.807, 2.05) is 6.07 Å². The topological polar surface area (TPSA) is 48.0 Å². The van der Waals surface area contributed by atoms with Gasteiger partial charge in [0, 0.05) is 25.0 Å². The standard InChI is InChI=1S/C21H29NO4/c1-5-25-20(23)18-7-6-17(8-9-21(2,3)4)19(16-18)26-15-12-22-10-13-24-14-11-22/h6-7,16H,5,10-15H2,1-4H3. The van der Waals surface area contributed by atoms with E-state index in [-0.39, 0.29) is 11.4 Å². The minimum atomic E-state index is -0.346. The normalized spacial score (nSPS) is 15.1. The van der Waals surface area contributed by atoms with Gasteiger partial charge in [0.2, 0.25) is 0 Å². The molecule has 0 amide bonds. The van der Waals surface area contributed by atoms with Crippen molar-refractivity contribution in [1.29, 1.82) is 0 Å². The minimum absolute atomic E-state index is 0.106. The number of morpholine rings is 1. The summed E-state index contributed by atoms with van der Waals surface area (Å²) in [6, 6.07) is 5.29. The number of nitrogens with zero attached hydrogens (tertiary/aromatic N) is 1. The first-order chi connectivity index (χ1) is 12.4. The van der Waals surface area contributed by atoms with Gasteiger partial charge in [-0.15, -0.1) is 0 Å². The van der Waals surface area contributed by atoms with Crippen LogP contribution in [0.2, 0.25) is 0 Å². The van der Waals surface area contributed by atoms with Gasteiger partial charge in [-0.25, -0.2) is 4.79 Å². The van der Waals surface area contributed by atoms with Gasteiger partial charge in [-0.2, -0.15) is 0 Å². The second kappa shape index (κ2) is 9.61. The van der Waals surface area contributed by atoms with Crippen LogP contribution in [0.5, 0.6) is 5.75 Å². The molecule has 1 fully saturated rings. The van der Waals surface area contributed by atoms with Crippen LogP contribution in [-0.4, -0.2) is 56.9 Å².